The molecule has 6 nitrogen and oxygen atoms in total. The monoisotopic (exact) mass is 316 g/mol. The second-order valence-corrected chi connectivity index (χ2v) is 6.31. The number of amides is 1. The maximum atomic E-state index is 12.7. The predicted octanol–water partition coefficient (Wildman–Crippen LogP) is 0.260. The molecule has 2 aliphatic rings. The zero-order chi connectivity index (χ0) is 16.1. The van der Waals surface area contributed by atoms with Crippen LogP contribution in [0.15, 0.2) is 24.4 Å². The van der Waals surface area contributed by atoms with Crippen LogP contribution in [0.3, 0.4) is 0 Å². The first kappa shape index (κ1) is 16.1. The maximum Gasteiger partial charge on any atom is 0.239 e. The van der Waals surface area contributed by atoms with Gasteiger partial charge in [-0.05, 0) is 38.1 Å². The van der Waals surface area contributed by atoms with Crippen LogP contribution in [0.25, 0.3) is 0 Å². The van der Waals surface area contributed by atoms with Crippen LogP contribution in [-0.2, 0) is 9.59 Å². The van der Waals surface area contributed by atoms with Gasteiger partial charge in [-0.3, -0.25) is 9.78 Å². The lowest BCUT2D eigenvalue weighted by atomic mass is 10.0. The summed E-state index contributed by atoms with van der Waals surface area (Å²) in [5.74, 6) is -0.923. The minimum atomic E-state index is -0.790. The Morgan fingerprint density at radius 3 is 2.87 bits per heavy atom. The number of piperazine rings is 1. The van der Waals surface area contributed by atoms with Gasteiger partial charge in [0.1, 0.15) is 12.2 Å². The van der Waals surface area contributed by atoms with Gasteiger partial charge in [-0.1, -0.05) is 6.07 Å². The molecule has 0 spiro atoms. The van der Waals surface area contributed by atoms with Crippen LogP contribution in [0.1, 0.15) is 24.5 Å². The summed E-state index contributed by atoms with van der Waals surface area (Å²) in [5, 5.41) is 3.49. The molecule has 2 fully saturated rings. The number of hydrogen-bond acceptors (Lipinski definition) is 5. The number of nitrogens with zero attached hydrogens (tertiary/aromatic N) is 3. The summed E-state index contributed by atoms with van der Waals surface area (Å²) in [4.78, 5) is 32.6. The van der Waals surface area contributed by atoms with Gasteiger partial charge in [0.2, 0.25) is 5.91 Å². The smallest absolute Gasteiger partial charge is 0.239 e. The molecule has 2 atom stereocenters. The molecule has 1 N–H and O–H groups in total. The highest BCUT2D eigenvalue weighted by molar-refractivity contribution is 5.97. The molecular weight excluding hydrogens is 292 g/mol. The van der Waals surface area contributed by atoms with E-state index in [1.165, 1.54) is 12.8 Å². The van der Waals surface area contributed by atoms with Crippen molar-refractivity contribution in [3.63, 3.8) is 0 Å². The van der Waals surface area contributed by atoms with E-state index in [1.807, 2.05) is 4.90 Å². The third-order valence-electron chi connectivity index (χ3n) is 4.65. The minimum Gasteiger partial charge on any atom is -0.339 e. The fourth-order valence-corrected chi connectivity index (χ4v) is 3.44. The van der Waals surface area contributed by atoms with E-state index in [2.05, 4.69) is 15.2 Å². The Bertz CT molecular complexity index is 531. The summed E-state index contributed by atoms with van der Waals surface area (Å²) < 4.78 is 0. The summed E-state index contributed by atoms with van der Waals surface area (Å²) in [7, 11) is 0. The van der Waals surface area contributed by atoms with Gasteiger partial charge in [0.05, 0.1) is 5.69 Å². The Morgan fingerprint density at radius 2 is 2.17 bits per heavy atom. The standard InChI is InChI=1S/C17H24N4O2/c22-13-15(16-5-1-2-6-19-16)17(23)21-10-7-18-14(12-21)11-20-8-3-4-9-20/h1-2,5-6,13-15,18H,3-4,7-12H2/t14-,15?/m0/s1. The van der Waals surface area contributed by atoms with Gasteiger partial charge >= 0.3 is 0 Å². The Hall–Kier alpha value is -1.79. The highest BCUT2D eigenvalue weighted by Crippen LogP contribution is 2.16. The molecule has 0 aliphatic carbocycles. The summed E-state index contributed by atoms with van der Waals surface area (Å²) in [6.45, 7) is 5.35. The quantitative estimate of drug-likeness (QED) is 0.623. The van der Waals surface area contributed by atoms with Gasteiger partial charge in [-0.25, -0.2) is 0 Å². The van der Waals surface area contributed by atoms with Crippen molar-refractivity contribution in [2.75, 3.05) is 39.3 Å². The van der Waals surface area contributed by atoms with Crippen molar-refractivity contribution in [2.24, 2.45) is 0 Å². The van der Waals surface area contributed by atoms with Crippen LogP contribution < -0.4 is 5.32 Å². The fraction of sp³-hybridized carbons (Fsp3) is 0.588. The Kier molecular flexibility index (Phi) is 5.35. The number of pyridine rings is 1. The van der Waals surface area contributed by atoms with Gasteiger partial charge in [-0.2, -0.15) is 0 Å². The Balaban J connectivity index is 1.62. The van der Waals surface area contributed by atoms with Crippen LogP contribution in [0.2, 0.25) is 0 Å². The first-order valence-electron chi connectivity index (χ1n) is 8.38. The number of nitrogens with one attached hydrogen (secondary N) is 1. The van der Waals surface area contributed by atoms with Crippen LogP contribution >= 0.6 is 0 Å². The molecule has 2 aliphatic heterocycles. The molecule has 0 aromatic carbocycles. The average molecular weight is 316 g/mol. The normalized spacial score (nSPS) is 23.7. The molecule has 3 rings (SSSR count). The second kappa shape index (κ2) is 7.66. The molecule has 3 heterocycles. The highest BCUT2D eigenvalue weighted by Gasteiger charge is 2.31. The maximum absolute atomic E-state index is 12.7. The van der Waals surface area contributed by atoms with E-state index >= 15 is 0 Å². The largest absolute Gasteiger partial charge is 0.339 e. The predicted molar refractivity (Wildman–Crippen MR) is 87.1 cm³/mol. The molecule has 1 aromatic rings. The van der Waals surface area contributed by atoms with E-state index in [0.29, 0.717) is 25.1 Å². The first-order chi connectivity index (χ1) is 11.3. The third kappa shape index (κ3) is 3.95. The van der Waals surface area contributed by atoms with Crippen molar-refractivity contribution in [2.45, 2.75) is 24.8 Å². The Labute approximate surface area is 136 Å². The number of aromatic nitrogens is 1. The lowest BCUT2D eigenvalue weighted by Crippen LogP contribution is -2.57. The van der Waals surface area contributed by atoms with E-state index in [4.69, 9.17) is 0 Å². The van der Waals surface area contributed by atoms with Crippen molar-refractivity contribution >= 4 is 12.2 Å². The van der Waals surface area contributed by atoms with Gasteiger partial charge in [-0.15, -0.1) is 0 Å². The minimum absolute atomic E-state index is 0.133. The fourth-order valence-electron chi connectivity index (χ4n) is 3.44. The molecule has 124 valence electrons. The number of carbonyl (C=O) groups excluding carboxylic acids is 2. The molecule has 0 saturated carbocycles. The van der Waals surface area contributed by atoms with Gasteiger partial charge in [0.25, 0.3) is 0 Å². The van der Waals surface area contributed by atoms with E-state index in [9.17, 15) is 9.59 Å². The van der Waals surface area contributed by atoms with Crippen molar-refractivity contribution in [3.05, 3.63) is 30.1 Å². The van der Waals surface area contributed by atoms with Crippen molar-refractivity contribution in [1.82, 2.24) is 20.1 Å². The topological polar surface area (TPSA) is 65.5 Å². The Morgan fingerprint density at radius 1 is 1.35 bits per heavy atom. The number of aldehydes is 1. The van der Waals surface area contributed by atoms with E-state index in [0.717, 1.165) is 26.2 Å². The van der Waals surface area contributed by atoms with Gasteiger partial charge in [0, 0.05) is 38.4 Å². The number of rotatable bonds is 5. The van der Waals surface area contributed by atoms with Crippen molar-refractivity contribution in [1.29, 1.82) is 0 Å². The average Bonchev–Trinajstić information content (AvgIpc) is 3.10. The molecule has 2 saturated heterocycles. The zero-order valence-corrected chi connectivity index (χ0v) is 13.4. The number of likely N-dealkylation sites (tertiary alicyclic amines) is 1. The van der Waals surface area contributed by atoms with Crippen LogP contribution in [0, 0.1) is 0 Å². The molecule has 0 bridgehead atoms. The van der Waals surface area contributed by atoms with Gasteiger partial charge in [0.15, 0.2) is 0 Å². The van der Waals surface area contributed by atoms with Crippen molar-refractivity contribution in [3.8, 4) is 0 Å². The summed E-state index contributed by atoms with van der Waals surface area (Å²) in [5.41, 5.74) is 0.530. The summed E-state index contributed by atoms with van der Waals surface area (Å²) >= 11 is 0. The summed E-state index contributed by atoms with van der Waals surface area (Å²) in [6, 6.07) is 5.61. The molecule has 1 aromatic heterocycles. The van der Waals surface area contributed by atoms with Crippen LogP contribution in [-0.4, -0.2) is 72.3 Å². The molecule has 1 unspecified atom stereocenters. The molecule has 23 heavy (non-hydrogen) atoms. The number of hydrogen-bond donors (Lipinski definition) is 1. The lowest BCUT2D eigenvalue weighted by Gasteiger charge is -2.36. The lowest BCUT2D eigenvalue weighted by molar-refractivity contribution is -0.136. The van der Waals surface area contributed by atoms with E-state index < -0.39 is 5.92 Å². The molecule has 6 heteroatoms. The highest BCUT2D eigenvalue weighted by atomic mass is 16.2. The summed E-state index contributed by atoms with van der Waals surface area (Å²) in [6.07, 6.45) is 4.86. The molecule has 1 amide bonds. The van der Waals surface area contributed by atoms with Crippen molar-refractivity contribution < 1.29 is 9.59 Å². The van der Waals surface area contributed by atoms with E-state index in [-0.39, 0.29) is 11.9 Å². The van der Waals surface area contributed by atoms with E-state index in [1.54, 1.807) is 24.4 Å². The van der Waals surface area contributed by atoms with Gasteiger partial charge < -0.3 is 19.9 Å². The first-order valence-corrected chi connectivity index (χ1v) is 8.38. The van der Waals surface area contributed by atoms with Crippen LogP contribution in [0.4, 0.5) is 0 Å². The second-order valence-electron chi connectivity index (χ2n) is 6.31. The number of carbonyl (C=O) groups is 2. The molecule has 0 radical (unpaired) electrons. The van der Waals surface area contributed by atoms with Crippen LogP contribution in [0.5, 0.6) is 0 Å². The SMILES string of the molecule is O=CC(C(=O)N1CCN[C@@H](CN2CCCC2)C1)c1ccccn1. The third-order valence-corrected chi connectivity index (χ3v) is 4.65. The zero-order valence-electron chi connectivity index (χ0n) is 13.4. The molecular formula is C17H24N4O2.